The number of nitrogens with zero attached hydrogens (tertiary/aromatic N) is 2. The van der Waals surface area contributed by atoms with Crippen LogP contribution in [0.1, 0.15) is 28.1 Å². The molecule has 2 heterocycles. The average Bonchev–Trinajstić information content (AvgIpc) is 2.94. The van der Waals surface area contributed by atoms with Crippen molar-refractivity contribution in [3.63, 3.8) is 0 Å². The van der Waals surface area contributed by atoms with Crippen LogP contribution in [0.3, 0.4) is 0 Å². The molecule has 1 aliphatic heterocycles. The van der Waals surface area contributed by atoms with E-state index in [1.165, 1.54) is 6.07 Å². The van der Waals surface area contributed by atoms with Gasteiger partial charge in [-0.3, -0.25) is 0 Å². The maximum Gasteiger partial charge on any atom is 0.416 e. The van der Waals surface area contributed by atoms with Crippen molar-refractivity contribution in [2.24, 2.45) is 0 Å². The van der Waals surface area contributed by atoms with Crippen molar-refractivity contribution in [1.29, 1.82) is 0 Å². The highest BCUT2D eigenvalue weighted by Crippen LogP contribution is 2.35. The van der Waals surface area contributed by atoms with Gasteiger partial charge in [0.2, 0.25) is 0 Å². The van der Waals surface area contributed by atoms with Crippen LogP contribution in [0.15, 0.2) is 22.7 Å². The molecule has 1 N–H and O–H groups in total. The Balaban J connectivity index is 1.75. The standard InChI is InChI=1S/C18H22F3N3O2/c1-12-16(13(2)26-23-12)11-22-10-14-3-4-15(9-17(14)18(19,20)21)24-5-7-25-8-6-24/h3-4,9,22H,5-8,10-11H2,1-2H3. The summed E-state index contributed by atoms with van der Waals surface area (Å²) < 4.78 is 50.9. The molecule has 1 aromatic heterocycles. The Bertz CT molecular complexity index is 733. The summed E-state index contributed by atoms with van der Waals surface area (Å²) in [6.45, 7) is 6.37. The highest BCUT2D eigenvalue weighted by molar-refractivity contribution is 5.52. The lowest BCUT2D eigenvalue weighted by Gasteiger charge is -2.29. The summed E-state index contributed by atoms with van der Waals surface area (Å²) in [7, 11) is 0. The van der Waals surface area contributed by atoms with Crippen LogP contribution < -0.4 is 10.2 Å². The number of aryl methyl sites for hydroxylation is 2. The van der Waals surface area contributed by atoms with Gasteiger partial charge in [0.15, 0.2) is 0 Å². The van der Waals surface area contributed by atoms with Gasteiger partial charge in [0.25, 0.3) is 0 Å². The van der Waals surface area contributed by atoms with E-state index >= 15 is 0 Å². The molecule has 0 atom stereocenters. The largest absolute Gasteiger partial charge is 0.416 e. The molecule has 1 aromatic carbocycles. The Labute approximate surface area is 150 Å². The van der Waals surface area contributed by atoms with Crippen LogP contribution in [0.5, 0.6) is 0 Å². The summed E-state index contributed by atoms with van der Waals surface area (Å²) >= 11 is 0. The van der Waals surface area contributed by atoms with Gasteiger partial charge >= 0.3 is 6.18 Å². The normalized spacial score (nSPS) is 15.5. The summed E-state index contributed by atoms with van der Waals surface area (Å²) in [6, 6.07) is 4.53. The van der Waals surface area contributed by atoms with Gasteiger partial charge in [0.05, 0.1) is 24.5 Å². The smallest absolute Gasteiger partial charge is 0.378 e. The highest BCUT2D eigenvalue weighted by atomic mass is 19.4. The average molecular weight is 369 g/mol. The summed E-state index contributed by atoms with van der Waals surface area (Å²) in [5.41, 5.74) is 1.82. The predicted octanol–water partition coefficient (Wildman–Crippen LogP) is 3.44. The second kappa shape index (κ2) is 7.67. The summed E-state index contributed by atoms with van der Waals surface area (Å²) in [4.78, 5) is 1.92. The Kier molecular flexibility index (Phi) is 5.52. The van der Waals surface area contributed by atoms with E-state index in [1.807, 2.05) is 11.8 Å². The molecule has 0 aliphatic carbocycles. The lowest BCUT2D eigenvalue weighted by Crippen LogP contribution is -2.36. The fraction of sp³-hybridized carbons (Fsp3) is 0.500. The molecule has 26 heavy (non-hydrogen) atoms. The Morgan fingerprint density at radius 1 is 1.15 bits per heavy atom. The first kappa shape index (κ1) is 18.7. The number of hydrogen-bond acceptors (Lipinski definition) is 5. The minimum atomic E-state index is -4.40. The third-order valence-electron chi connectivity index (χ3n) is 4.57. The van der Waals surface area contributed by atoms with Gasteiger partial charge in [-0.2, -0.15) is 13.2 Å². The maximum absolute atomic E-state index is 13.5. The SMILES string of the molecule is Cc1noc(C)c1CNCc1ccc(N2CCOCC2)cc1C(F)(F)F. The van der Waals surface area contributed by atoms with E-state index in [9.17, 15) is 13.2 Å². The molecule has 2 aromatic rings. The number of alkyl halides is 3. The van der Waals surface area contributed by atoms with Gasteiger partial charge in [-0.1, -0.05) is 11.2 Å². The number of anilines is 1. The second-order valence-electron chi connectivity index (χ2n) is 6.34. The van der Waals surface area contributed by atoms with Crippen LogP contribution in [0.2, 0.25) is 0 Å². The number of rotatable bonds is 5. The molecule has 142 valence electrons. The van der Waals surface area contributed by atoms with Crippen molar-refractivity contribution < 1.29 is 22.4 Å². The molecule has 1 aliphatic rings. The fourth-order valence-electron chi connectivity index (χ4n) is 3.08. The molecule has 1 saturated heterocycles. The Morgan fingerprint density at radius 2 is 1.88 bits per heavy atom. The number of aromatic nitrogens is 1. The van der Waals surface area contributed by atoms with E-state index < -0.39 is 11.7 Å². The van der Waals surface area contributed by atoms with Gasteiger partial charge in [-0.15, -0.1) is 0 Å². The fourth-order valence-corrected chi connectivity index (χ4v) is 3.08. The first-order chi connectivity index (χ1) is 12.4. The monoisotopic (exact) mass is 369 g/mol. The third kappa shape index (κ3) is 4.19. The van der Waals surface area contributed by atoms with Gasteiger partial charge in [0.1, 0.15) is 5.76 Å². The molecule has 1 fully saturated rings. The number of hydrogen-bond donors (Lipinski definition) is 1. The predicted molar refractivity (Wildman–Crippen MR) is 91.0 cm³/mol. The van der Waals surface area contributed by atoms with Gasteiger partial charge in [0, 0.05) is 37.4 Å². The molecule has 0 radical (unpaired) electrons. The second-order valence-corrected chi connectivity index (χ2v) is 6.34. The number of morpholine rings is 1. The Hall–Kier alpha value is -2.06. The quantitative estimate of drug-likeness (QED) is 0.875. The number of benzene rings is 1. The van der Waals surface area contributed by atoms with E-state index in [4.69, 9.17) is 9.26 Å². The first-order valence-corrected chi connectivity index (χ1v) is 8.51. The molecule has 0 bridgehead atoms. The van der Waals surface area contributed by atoms with Crippen molar-refractivity contribution in [3.8, 4) is 0 Å². The molecule has 0 amide bonds. The number of nitrogens with one attached hydrogen (secondary N) is 1. The van der Waals surface area contributed by atoms with E-state index in [0.717, 1.165) is 11.3 Å². The number of halogens is 3. The highest BCUT2D eigenvalue weighted by Gasteiger charge is 2.34. The van der Waals surface area contributed by atoms with Crippen LogP contribution >= 0.6 is 0 Å². The minimum absolute atomic E-state index is 0.113. The summed E-state index contributed by atoms with van der Waals surface area (Å²) in [5.74, 6) is 0.675. The molecule has 0 unspecified atom stereocenters. The molecule has 3 rings (SSSR count). The molecule has 0 saturated carbocycles. The van der Waals surface area contributed by atoms with E-state index in [0.29, 0.717) is 44.3 Å². The van der Waals surface area contributed by atoms with E-state index in [-0.39, 0.29) is 12.1 Å². The zero-order valence-electron chi connectivity index (χ0n) is 14.8. The van der Waals surface area contributed by atoms with Gasteiger partial charge in [-0.05, 0) is 31.5 Å². The maximum atomic E-state index is 13.5. The van der Waals surface area contributed by atoms with Crippen LogP contribution in [-0.4, -0.2) is 31.5 Å². The van der Waals surface area contributed by atoms with E-state index in [1.54, 1.807) is 19.1 Å². The number of ether oxygens (including phenoxy) is 1. The molecular formula is C18H22F3N3O2. The molecular weight excluding hydrogens is 347 g/mol. The van der Waals surface area contributed by atoms with Crippen molar-refractivity contribution in [3.05, 3.63) is 46.3 Å². The van der Waals surface area contributed by atoms with Crippen molar-refractivity contribution in [2.75, 3.05) is 31.2 Å². The zero-order valence-corrected chi connectivity index (χ0v) is 14.8. The summed E-state index contributed by atoms with van der Waals surface area (Å²) in [5, 5.41) is 6.91. The van der Waals surface area contributed by atoms with Crippen LogP contribution in [0, 0.1) is 13.8 Å². The van der Waals surface area contributed by atoms with Gasteiger partial charge in [-0.25, -0.2) is 0 Å². The molecule has 8 heteroatoms. The van der Waals surface area contributed by atoms with Gasteiger partial charge < -0.3 is 19.5 Å². The molecule has 0 spiro atoms. The topological polar surface area (TPSA) is 50.5 Å². The third-order valence-corrected chi connectivity index (χ3v) is 4.57. The van der Waals surface area contributed by atoms with Crippen molar-refractivity contribution >= 4 is 5.69 Å². The summed E-state index contributed by atoms with van der Waals surface area (Å²) in [6.07, 6.45) is -4.40. The lowest BCUT2D eigenvalue weighted by atomic mass is 10.0. The van der Waals surface area contributed by atoms with E-state index in [2.05, 4.69) is 10.5 Å². The lowest BCUT2D eigenvalue weighted by molar-refractivity contribution is -0.138. The van der Waals surface area contributed by atoms with Crippen LogP contribution in [0.4, 0.5) is 18.9 Å². The minimum Gasteiger partial charge on any atom is -0.378 e. The zero-order chi connectivity index (χ0) is 18.7. The molecule has 5 nitrogen and oxygen atoms in total. The van der Waals surface area contributed by atoms with Crippen molar-refractivity contribution in [2.45, 2.75) is 33.1 Å². The van der Waals surface area contributed by atoms with Crippen molar-refractivity contribution in [1.82, 2.24) is 10.5 Å². The van der Waals surface area contributed by atoms with Crippen LogP contribution in [-0.2, 0) is 24.0 Å². The Morgan fingerprint density at radius 3 is 2.50 bits per heavy atom. The van der Waals surface area contributed by atoms with Crippen LogP contribution in [0.25, 0.3) is 0 Å². The first-order valence-electron chi connectivity index (χ1n) is 8.51.